The second kappa shape index (κ2) is 7.85. The number of halogens is 3. The van der Waals surface area contributed by atoms with Crippen molar-refractivity contribution in [3.05, 3.63) is 29.8 Å². The lowest BCUT2D eigenvalue weighted by molar-refractivity contribution is -0.127. The van der Waals surface area contributed by atoms with Gasteiger partial charge < -0.3 is 9.74 Å². The van der Waals surface area contributed by atoms with Gasteiger partial charge in [0.05, 0.1) is 5.69 Å². The SMILES string of the molecule is CO/N=C1\C(=O)N(Cc2ccccc2NS(=O)(=O)C(F)(F)F)CCC12CCCC2. The first-order valence-corrected chi connectivity index (χ1v) is 10.7. The standard InChI is InChI=1S/C18H22F3N3O4S/c1-28-22-15-16(25)24(11-10-17(15)8-4-5-9-17)12-13-6-2-3-7-14(13)23-29(26,27)18(19,20)21/h2-3,6-7,23H,4-5,8-12H2,1H3/b22-15+. The Morgan fingerprint density at radius 2 is 1.86 bits per heavy atom. The van der Waals surface area contributed by atoms with Gasteiger partial charge in [-0.1, -0.05) is 36.2 Å². The van der Waals surface area contributed by atoms with Crippen molar-refractivity contribution >= 4 is 27.3 Å². The van der Waals surface area contributed by atoms with Crippen LogP contribution in [0.5, 0.6) is 0 Å². The van der Waals surface area contributed by atoms with Crippen LogP contribution in [0.2, 0.25) is 0 Å². The molecule has 3 rings (SSSR count). The minimum atomic E-state index is -5.56. The molecule has 0 aromatic heterocycles. The summed E-state index contributed by atoms with van der Waals surface area (Å²) in [6.07, 6.45) is 4.36. The van der Waals surface area contributed by atoms with Gasteiger partial charge in [-0.2, -0.15) is 21.6 Å². The van der Waals surface area contributed by atoms with Gasteiger partial charge in [-0.05, 0) is 30.9 Å². The highest BCUT2D eigenvalue weighted by Gasteiger charge is 2.48. The van der Waals surface area contributed by atoms with Gasteiger partial charge in [0.1, 0.15) is 7.11 Å². The third kappa shape index (κ3) is 4.19. The van der Waals surface area contributed by atoms with Crippen LogP contribution in [0.15, 0.2) is 29.4 Å². The van der Waals surface area contributed by atoms with E-state index in [-0.39, 0.29) is 29.1 Å². The number of oxime groups is 1. The lowest BCUT2D eigenvalue weighted by Gasteiger charge is -2.39. The molecule has 0 atom stereocenters. The van der Waals surface area contributed by atoms with Gasteiger partial charge in [-0.15, -0.1) is 0 Å². The summed E-state index contributed by atoms with van der Waals surface area (Å²) in [7, 11) is -4.20. The Labute approximate surface area is 166 Å². The Morgan fingerprint density at radius 3 is 2.48 bits per heavy atom. The summed E-state index contributed by atoms with van der Waals surface area (Å²) < 4.78 is 62.7. The van der Waals surface area contributed by atoms with Crippen LogP contribution in [0.1, 0.15) is 37.7 Å². The maximum atomic E-state index is 13.0. The molecule has 11 heteroatoms. The molecule has 0 bridgehead atoms. The largest absolute Gasteiger partial charge is 0.516 e. The highest BCUT2D eigenvalue weighted by Crippen LogP contribution is 2.45. The number of anilines is 1. The Balaban J connectivity index is 1.84. The fourth-order valence-corrected chi connectivity index (χ4v) is 4.63. The van der Waals surface area contributed by atoms with Crippen LogP contribution in [0.4, 0.5) is 18.9 Å². The number of rotatable bonds is 5. The van der Waals surface area contributed by atoms with Gasteiger partial charge in [0.25, 0.3) is 5.91 Å². The van der Waals surface area contributed by atoms with E-state index in [1.165, 1.54) is 30.2 Å². The summed E-state index contributed by atoms with van der Waals surface area (Å²) in [6, 6.07) is 5.70. The Morgan fingerprint density at radius 1 is 1.21 bits per heavy atom. The molecule has 1 aromatic rings. The number of carbonyl (C=O) groups is 1. The maximum Gasteiger partial charge on any atom is 0.516 e. The van der Waals surface area contributed by atoms with E-state index in [0.717, 1.165) is 25.7 Å². The van der Waals surface area contributed by atoms with Crippen molar-refractivity contribution < 1.29 is 31.2 Å². The van der Waals surface area contributed by atoms with Crippen molar-refractivity contribution in [2.45, 2.75) is 44.2 Å². The average molecular weight is 433 g/mol. The minimum absolute atomic E-state index is 0.0474. The minimum Gasteiger partial charge on any atom is -0.399 e. The van der Waals surface area contributed by atoms with Gasteiger partial charge >= 0.3 is 15.5 Å². The molecule has 7 nitrogen and oxygen atoms in total. The van der Waals surface area contributed by atoms with Crippen molar-refractivity contribution in [3.8, 4) is 0 Å². The predicted octanol–water partition coefficient (Wildman–Crippen LogP) is 3.24. The van der Waals surface area contributed by atoms with Crippen molar-refractivity contribution in [1.82, 2.24) is 4.90 Å². The number of nitrogens with zero attached hydrogens (tertiary/aromatic N) is 2. The molecule has 2 fully saturated rings. The lowest BCUT2D eigenvalue weighted by atomic mass is 9.75. The predicted molar refractivity (Wildman–Crippen MR) is 100 cm³/mol. The second-order valence-electron chi connectivity index (χ2n) is 7.29. The first kappa shape index (κ1) is 21.4. The number of alkyl halides is 3. The number of sulfonamides is 1. The summed E-state index contributed by atoms with van der Waals surface area (Å²) >= 11 is 0. The molecular weight excluding hydrogens is 411 g/mol. The first-order valence-electron chi connectivity index (χ1n) is 9.17. The van der Waals surface area contributed by atoms with E-state index < -0.39 is 15.5 Å². The summed E-state index contributed by atoms with van der Waals surface area (Å²) in [5.74, 6) is -0.339. The van der Waals surface area contributed by atoms with E-state index in [4.69, 9.17) is 4.84 Å². The lowest BCUT2D eigenvalue weighted by Crippen LogP contribution is -2.51. The highest BCUT2D eigenvalue weighted by molar-refractivity contribution is 7.93. The molecular formula is C18H22F3N3O4S. The average Bonchev–Trinajstić information content (AvgIpc) is 3.11. The molecule has 1 aliphatic heterocycles. The number of para-hydroxylation sites is 1. The number of piperidine rings is 1. The number of carbonyl (C=O) groups excluding carboxylic acids is 1. The van der Waals surface area contributed by atoms with Crippen molar-refractivity contribution in [2.75, 3.05) is 18.4 Å². The third-order valence-corrected chi connectivity index (χ3v) is 6.62. The topological polar surface area (TPSA) is 88.1 Å². The van der Waals surface area contributed by atoms with Gasteiger partial charge in [0, 0.05) is 18.5 Å². The van der Waals surface area contributed by atoms with Crippen LogP contribution in [0.3, 0.4) is 0 Å². The van der Waals surface area contributed by atoms with Crippen LogP contribution in [-0.4, -0.2) is 44.1 Å². The zero-order valence-corrected chi connectivity index (χ0v) is 16.6. The van der Waals surface area contributed by atoms with E-state index in [9.17, 15) is 26.4 Å². The molecule has 160 valence electrons. The van der Waals surface area contributed by atoms with Gasteiger partial charge in [0.15, 0.2) is 5.71 Å². The number of amides is 1. The van der Waals surface area contributed by atoms with E-state index in [2.05, 4.69) is 5.16 Å². The molecule has 1 aliphatic carbocycles. The second-order valence-corrected chi connectivity index (χ2v) is 8.97. The smallest absolute Gasteiger partial charge is 0.399 e. The molecule has 0 unspecified atom stereocenters. The number of benzene rings is 1. The van der Waals surface area contributed by atoms with E-state index >= 15 is 0 Å². The molecule has 1 spiro atoms. The zero-order valence-electron chi connectivity index (χ0n) is 15.8. The first-order chi connectivity index (χ1) is 13.6. The van der Waals surface area contributed by atoms with Crippen LogP contribution in [0, 0.1) is 5.41 Å². The van der Waals surface area contributed by atoms with Crippen molar-refractivity contribution in [3.63, 3.8) is 0 Å². The van der Waals surface area contributed by atoms with E-state index in [1.54, 1.807) is 10.8 Å². The van der Waals surface area contributed by atoms with Crippen molar-refractivity contribution in [1.29, 1.82) is 0 Å². The fraction of sp³-hybridized carbons (Fsp3) is 0.556. The number of hydrogen-bond donors (Lipinski definition) is 1. The molecule has 1 N–H and O–H groups in total. The van der Waals surface area contributed by atoms with E-state index in [0.29, 0.717) is 18.7 Å². The van der Waals surface area contributed by atoms with Gasteiger partial charge in [0.2, 0.25) is 0 Å². The molecule has 29 heavy (non-hydrogen) atoms. The molecule has 1 saturated heterocycles. The Bertz CT molecular complexity index is 909. The van der Waals surface area contributed by atoms with Crippen LogP contribution in [-0.2, 0) is 26.2 Å². The molecule has 1 aromatic carbocycles. The Hall–Kier alpha value is -2.30. The quantitative estimate of drug-likeness (QED) is 0.722. The maximum absolute atomic E-state index is 13.0. The van der Waals surface area contributed by atoms with Crippen LogP contribution < -0.4 is 4.72 Å². The zero-order chi connectivity index (χ0) is 21.3. The van der Waals surface area contributed by atoms with Gasteiger partial charge in [-0.3, -0.25) is 9.52 Å². The summed E-state index contributed by atoms with van der Waals surface area (Å²) in [6.45, 7) is 0.357. The molecule has 0 radical (unpaired) electrons. The molecule has 1 saturated carbocycles. The summed E-state index contributed by atoms with van der Waals surface area (Å²) in [5.41, 5.74) is -5.39. The molecule has 2 aliphatic rings. The van der Waals surface area contributed by atoms with Crippen LogP contribution in [0.25, 0.3) is 0 Å². The number of nitrogens with one attached hydrogen (secondary N) is 1. The monoisotopic (exact) mass is 433 g/mol. The third-order valence-electron chi connectivity index (χ3n) is 5.52. The Kier molecular flexibility index (Phi) is 5.79. The molecule has 1 heterocycles. The van der Waals surface area contributed by atoms with Crippen molar-refractivity contribution in [2.24, 2.45) is 10.6 Å². The summed E-state index contributed by atoms with van der Waals surface area (Å²) in [5, 5.41) is 3.97. The van der Waals surface area contributed by atoms with Gasteiger partial charge in [-0.25, -0.2) is 0 Å². The van der Waals surface area contributed by atoms with Crippen LogP contribution >= 0.6 is 0 Å². The normalized spacial score (nSPS) is 21.0. The number of likely N-dealkylation sites (tertiary alicyclic amines) is 1. The fourth-order valence-electron chi connectivity index (χ4n) is 4.03. The van der Waals surface area contributed by atoms with E-state index in [1.807, 2.05) is 0 Å². The molecule has 1 amide bonds. The highest BCUT2D eigenvalue weighted by atomic mass is 32.2. The number of hydrogen-bond acceptors (Lipinski definition) is 5. The summed E-state index contributed by atoms with van der Waals surface area (Å²) in [4.78, 5) is 19.4.